The molecule has 2 heterocycles. The Bertz CT molecular complexity index is 461. The molecule has 15 heavy (non-hydrogen) atoms. The molecule has 0 radical (unpaired) electrons. The van der Waals surface area contributed by atoms with Crippen LogP contribution in [0.5, 0.6) is 0 Å². The van der Waals surface area contributed by atoms with Crippen molar-refractivity contribution in [3.8, 4) is 11.6 Å². The lowest BCUT2D eigenvalue weighted by Crippen LogP contribution is -2.32. The van der Waals surface area contributed by atoms with E-state index in [1.54, 1.807) is 12.1 Å². The molecule has 0 unspecified atom stereocenters. The van der Waals surface area contributed by atoms with E-state index in [-0.39, 0.29) is 10.6 Å². The van der Waals surface area contributed by atoms with Crippen LogP contribution in [0.1, 0.15) is 0 Å². The first kappa shape index (κ1) is 10.2. The van der Waals surface area contributed by atoms with Gasteiger partial charge in [-0.15, -0.1) is 0 Å². The Morgan fingerprint density at radius 1 is 1.40 bits per heavy atom. The monoisotopic (exact) mass is 224 g/mol. The van der Waals surface area contributed by atoms with Crippen LogP contribution in [-0.2, 0) is 0 Å². The highest BCUT2D eigenvalue weighted by Gasteiger charge is 2.18. The van der Waals surface area contributed by atoms with Gasteiger partial charge in [0.1, 0.15) is 5.15 Å². The minimum Gasteiger partial charge on any atom is -0.461 e. The molecule has 0 saturated heterocycles. The number of hydrogen-bond donors (Lipinski definition) is 2. The standard InChI is InChI=1S/C8H6BClN2O3/c10-7-5(9(13)14)4-11-8(12-7)6-2-1-3-15-6/h1-4,13-14H. The first-order chi connectivity index (χ1) is 7.18. The number of furan rings is 1. The molecular weight excluding hydrogens is 218 g/mol. The van der Waals surface area contributed by atoms with Gasteiger partial charge in [-0.3, -0.25) is 0 Å². The Morgan fingerprint density at radius 3 is 2.73 bits per heavy atom. The Balaban J connectivity index is 2.42. The Hall–Kier alpha value is -1.37. The van der Waals surface area contributed by atoms with E-state index >= 15 is 0 Å². The second-order valence-corrected chi connectivity index (χ2v) is 3.15. The zero-order valence-corrected chi connectivity index (χ0v) is 8.22. The predicted octanol–water partition coefficient (Wildman–Crippen LogP) is 0.0698. The first-order valence-corrected chi connectivity index (χ1v) is 4.48. The molecule has 0 spiro atoms. The van der Waals surface area contributed by atoms with Crippen molar-refractivity contribution < 1.29 is 14.5 Å². The number of halogens is 1. The molecule has 0 amide bonds. The average molecular weight is 224 g/mol. The van der Waals surface area contributed by atoms with Crippen LogP contribution in [0.2, 0.25) is 5.15 Å². The molecule has 0 atom stereocenters. The maximum Gasteiger partial charge on any atom is 0.493 e. The summed E-state index contributed by atoms with van der Waals surface area (Å²) in [5, 5.41) is 17.8. The van der Waals surface area contributed by atoms with Crippen LogP contribution in [-0.4, -0.2) is 27.1 Å². The van der Waals surface area contributed by atoms with Crippen molar-refractivity contribution in [3.63, 3.8) is 0 Å². The summed E-state index contributed by atoms with van der Waals surface area (Å²) in [5.41, 5.74) is 0.0620. The van der Waals surface area contributed by atoms with E-state index in [0.717, 1.165) is 0 Å². The van der Waals surface area contributed by atoms with Gasteiger partial charge >= 0.3 is 7.12 Å². The summed E-state index contributed by atoms with van der Waals surface area (Å²) in [7, 11) is -1.68. The SMILES string of the molecule is OB(O)c1cnc(-c2ccco2)nc1Cl. The van der Waals surface area contributed by atoms with Crippen LogP contribution in [0.25, 0.3) is 11.6 Å². The lowest BCUT2D eigenvalue weighted by atomic mass is 9.83. The van der Waals surface area contributed by atoms with E-state index in [1.807, 2.05) is 0 Å². The van der Waals surface area contributed by atoms with Crippen molar-refractivity contribution >= 4 is 24.2 Å². The second kappa shape index (κ2) is 4.02. The summed E-state index contributed by atoms with van der Waals surface area (Å²) < 4.78 is 5.07. The van der Waals surface area contributed by atoms with Gasteiger partial charge in [0, 0.05) is 11.7 Å². The fourth-order valence-corrected chi connectivity index (χ4v) is 1.29. The van der Waals surface area contributed by atoms with Crippen molar-refractivity contribution in [1.29, 1.82) is 0 Å². The van der Waals surface area contributed by atoms with E-state index in [1.165, 1.54) is 12.5 Å². The molecule has 2 aromatic rings. The molecule has 0 aliphatic rings. The molecule has 0 aliphatic carbocycles. The van der Waals surface area contributed by atoms with Crippen LogP contribution in [0, 0.1) is 0 Å². The van der Waals surface area contributed by atoms with Crippen molar-refractivity contribution in [3.05, 3.63) is 29.7 Å². The Labute approximate surface area is 90.5 Å². The maximum absolute atomic E-state index is 8.89. The molecule has 0 aromatic carbocycles. The Morgan fingerprint density at radius 2 is 2.20 bits per heavy atom. The molecule has 7 heteroatoms. The van der Waals surface area contributed by atoms with Crippen LogP contribution < -0.4 is 5.46 Å². The summed E-state index contributed by atoms with van der Waals surface area (Å²) in [6.45, 7) is 0. The second-order valence-electron chi connectivity index (χ2n) is 2.79. The van der Waals surface area contributed by atoms with E-state index in [4.69, 9.17) is 26.1 Å². The van der Waals surface area contributed by atoms with E-state index in [2.05, 4.69) is 9.97 Å². The van der Waals surface area contributed by atoms with Crippen LogP contribution in [0.3, 0.4) is 0 Å². The van der Waals surface area contributed by atoms with Crippen LogP contribution in [0.15, 0.2) is 29.0 Å². The van der Waals surface area contributed by atoms with Gasteiger partial charge in [0.05, 0.1) is 6.26 Å². The van der Waals surface area contributed by atoms with Crippen molar-refractivity contribution in [2.45, 2.75) is 0 Å². The van der Waals surface area contributed by atoms with Gasteiger partial charge in [0.25, 0.3) is 0 Å². The van der Waals surface area contributed by atoms with Gasteiger partial charge in [0.2, 0.25) is 0 Å². The summed E-state index contributed by atoms with van der Waals surface area (Å²) >= 11 is 5.73. The van der Waals surface area contributed by atoms with Crippen LogP contribution in [0.4, 0.5) is 0 Å². The lowest BCUT2D eigenvalue weighted by Gasteiger charge is -2.02. The van der Waals surface area contributed by atoms with Gasteiger partial charge in [-0.05, 0) is 12.1 Å². The molecule has 2 rings (SSSR count). The molecule has 76 valence electrons. The highest BCUT2D eigenvalue weighted by molar-refractivity contribution is 6.62. The lowest BCUT2D eigenvalue weighted by molar-refractivity contribution is 0.425. The quantitative estimate of drug-likeness (QED) is 0.557. The molecule has 0 fully saturated rings. The van der Waals surface area contributed by atoms with E-state index < -0.39 is 7.12 Å². The molecule has 2 N–H and O–H groups in total. The topological polar surface area (TPSA) is 79.4 Å². The van der Waals surface area contributed by atoms with Gasteiger partial charge in [-0.2, -0.15) is 0 Å². The zero-order valence-electron chi connectivity index (χ0n) is 7.46. The van der Waals surface area contributed by atoms with Crippen molar-refractivity contribution in [2.24, 2.45) is 0 Å². The minimum atomic E-state index is -1.68. The normalized spacial score (nSPS) is 10.3. The summed E-state index contributed by atoms with van der Waals surface area (Å²) in [4.78, 5) is 7.77. The van der Waals surface area contributed by atoms with Crippen molar-refractivity contribution in [2.75, 3.05) is 0 Å². The third-order valence-electron chi connectivity index (χ3n) is 1.79. The van der Waals surface area contributed by atoms with E-state index in [0.29, 0.717) is 11.6 Å². The number of nitrogens with zero attached hydrogens (tertiary/aromatic N) is 2. The summed E-state index contributed by atoms with van der Waals surface area (Å²) in [6.07, 6.45) is 2.74. The van der Waals surface area contributed by atoms with Gasteiger partial charge in [-0.1, -0.05) is 11.6 Å². The maximum atomic E-state index is 8.89. The number of rotatable bonds is 2. The molecule has 0 bridgehead atoms. The summed E-state index contributed by atoms with van der Waals surface area (Å²) in [6, 6.07) is 3.38. The van der Waals surface area contributed by atoms with Gasteiger partial charge in [0.15, 0.2) is 11.6 Å². The van der Waals surface area contributed by atoms with Crippen LogP contribution >= 0.6 is 11.6 Å². The highest BCUT2D eigenvalue weighted by Crippen LogP contribution is 2.15. The molecule has 0 aliphatic heterocycles. The van der Waals surface area contributed by atoms with E-state index in [9.17, 15) is 0 Å². The first-order valence-electron chi connectivity index (χ1n) is 4.11. The fourth-order valence-electron chi connectivity index (χ4n) is 1.07. The third kappa shape index (κ3) is 2.01. The summed E-state index contributed by atoms with van der Waals surface area (Å²) in [5.74, 6) is 0.769. The Kier molecular flexibility index (Phi) is 2.72. The average Bonchev–Trinajstić information content (AvgIpc) is 2.69. The van der Waals surface area contributed by atoms with Gasteiger partial charge in [-0.25, -0.2) is 9.97 Å². The highest BCUT2D eigenvalue weighted by atomic mass is 35.5. The van der Waals surface area contributed by atoms with Gasteiger partial charge < -0.3 is 14.5 Å². The smallest absolute Gasteiger partial charge is 0.461 e. The fraction of sp³-hybridized carbons (Fsp3) is 0. The number of aromatic nitrogens is 2. The predicted molar refractivity (Wildman–Crippen MR) is 54.6 cm³/mol. The molecule has 5 nitrogen and oxygen atoms in total. The zero-order chi connectivity index (χ0) is 10.8. The third-order valence-corrected chi connectivity index (χ3v) is 2.09. The largest absolute Gasteiger partial charge is 0.493 e. The molecule has 0 saturated carbocycles. The molecular formula is C8H6BClN2O3. The number of hydrogen-bond acceptors (Lipinski definition) is 5. The van der Waals surface area contributed by atoms with Crippen molar-refractivity contribution in [1.82, 2.24) is 9.97 Å². The minimum absolute atomic E-state index is 0.00796. The molecule has 2 aromatic heterocycles.